The van der Waals surface area contributed by atoms with E-state index in [0.29, 0.717) is 30.8 Å². The summed E-state index contributed by atoms with van der Waals surface area (Å²) in [4.78, 5) is 12.6. The normalized spacial score (nSPS) is 17.9. The molecule has 1 aliphatic heterocycles. The van der Waals surface area contributed by atoms with Gasteiger partial charge in [-0.05, 0) is 49.2 Å². The van der Waals surface area contributed by atoms with Crippen LogP contribution in [-0.2, 0) is 14.8 Å². The Bertz CT molecular complexity index is 984. The SMILES string of the molecule is COc1ccc(S(=O)(=O)N2CCCC(C(=O)Nc3cccc(F)c3)C2)cc1Cl. The Hall–Kier alpha value is -2.16. The number of benzene rings is 2. The van der Waals surface area contributed by atoms with Crippen LogP contribution in [0.5, 0.6) is 5.75 Å². The standard InChI is InChI=1S/C19H20ClFN2O4S/c1-27-18-8-7-16(11-17(18)20)28(25,26)23-9-3-4-13(12-23)19(24)22-15-6-2-5-14(21)10-15/h2,5-8,10-11,13H,3-4,9,12H2,1H3,(H,22,24). The number of nitrogens with one attached hydrogen (secondary N) is 1. The summed E-state index contributed by atoms with van der Waals surface area (Å²) in [5.74, 6) is -0.938. The molecule has 1 saturated heterocycles. The summed E-state index contributed by atoms with van der Waals surface area (Å²) >= 11 is 6.05. The Morgan fingerprint density at radius 1 is 1.29 bits per heavy atom. The maximum atomic E-state index is 13.3. The molecule has 2 aromatic rings. The highest BCUT2D eigenvalue weighted by Crippen LogP contribution is 2.30. The van der Waals surface area contributed by atoms with Gasteiger partial charge in [-0.2, -0.15) is 4.31 Å². The van der Waals surface area contributed by atoms with E-state index in [1.807, 2.05) is 0 Å². The molecule has 0 bridgehead atoms. The molecule has 1 amide bonds. The fourth-order valence-electron chi connectivity index (χ4n) is 3.14. The smallest absolute Gasteiger partial charge is 0.243 e. The molecule has 1 fully saturated rings. The predicted molar refractivity (Wildman–Crippen MR) is 105 cm³/mol. The Kier molecular flexibility index (Phi) is 6.22. The van der Waals surface area contributed by atoms with Crippen molar-refractivity contribution in [2.45, 2.75) is 17.7 Å². The number of piperidine rings is 1. The number of amides is 1. The maximum Gasteiger partial charge on any atom is 0.243 e. The van der Waals surface area contributed by atoms with Gasteiger partial charge < -0.3 is 10.1 Å². The average molecular weight is 427 g/mol. The molecule has 3 rings (SSSR count). The van der Waals surface area contributed by atoms with E-state index in [1.54, 1.807) is 6.07 Å². The van der Waals surface area contributed by atoms with Crippen molar-refractivity contribution in [3.8, 4) is 5.75 Å². The van der Waals surface area contributed by atoms with Crippen LogP contribution >= 0.6 is 11.6 Å². The van der Waals surface area contributed by atoms with E-state index in [9.17, 15) is 17.6 Å². The highest BCUT2D eigenvalue weighted by Gasteiger charge is 2.33. The lowest BCUT2D eigenvalue weighted by Crippen LogP contribution is -2.43. The molecule has 0 aliphatic carbocycles. The van der Waals surface area contributed by atoms with Crippen LogP contribution in [-0.4, -0.2) is 38.8 Å². The fraction of sp³-hybridized carbons (Fsp3) is 0.316. The third-order valence-electron chi connectivity index (χ3n) is 4.61. The van der Waals surface area contributed by atoms with Crippen molar-refractivity contribution < 1.29 is 22.3 Å². The minimum Gasteiger partial charge on any atom is -0.495 e. The molecule has 1 aliphatic rings. The van der Waals surface area contributed by atoms with Gasteiger partial charge in [-0.3, -0.25) is 4.79 Å². The quantitative estimate of drug-likeness (QED) is 0.793. The number of halogens is 2. The van der Waals surface area contributed by atoms with Crippen molar-refractivity contribution in [3.63, 3.8) is 0 Å². The highest BCUT2D eigenvalue weighted by atomic mass is 35.5. The van der Waals surface area contributed by atoms with Crippen LogP contribution in [0.25, 0.3) is 0 Å². The first-order chi connectivity index (χ1) is 13.3. The summed E-state index contributed by atoms with van der Waals surface area (Å²) in [6.07, 6.45) is 1.10. The number of hydrogen-bond acceptors (Lipinski definition) is 4. The van der Waals surface area contributed by atoms with Gasteiger partial charge in [-0.25, -0.2) is 12.8 Å². The van der Waals surface area contributed by atoms with Crippen LogP contribution in [0.3, 0.4) is 0 Å². The molecule has 150 valence electrons. The molecule has 1 N–H and O–H groups in total. The molecule has 1 heterocycles. The molecule has 0 spiro atoms. The van der Waals surface area contributed by atoms with Gasteiger partial charge in [-0.15, -0.1) is 0 Å². The Morgan fingerprint density at radius 3 is 2.75 bits per heavy atom. The molecule has 0 aromatic heterocycles. The molecule has 28 heavy (non-hydrogen) atoms. The van der Waals surface area contributed by atoms with Gasteiger partial charge in [0, 0.05) is 18.8 Å². The number of anilines is 1. The van der Waals surface area contributed by atoms with Crippen molar-refractivity contribution in [2.24, 2.45) is 5.92 Å². The van der Waals surface area contributed by atoms with Crippen LogP contribution < -0.4 is 10.1 Å². The second-order valence-electron chi connectivity index (χ2n) is 6.50. The topological polar surface area (TPSA) is 75.7 Å². The second kappa shape index (κ2) is 8.46. The third kappa shape index (κ3) is 4.45. The van der Waals surface area contributed by atoms with Crippen LogP contribution in [0.2, 0.25) is 5.02 Å². The Labute approximate surface area is 168 Å². The first-order valence-corrected chi connectivity index (χ1v) is 10.5. The van der Waals surface area contributed by atoms with Crippen LogP contribution in [0, 0.1) is 11.7 Å². The summed E-state index contributed by atoms with van der Waals surface area (Å²) < 4.78 is 45.5. The molecular weight excluding hydrogens is 407 g/mol. The van der Waals surface area contributed by atoms with E-state index in [0.717, 1.165) is 0 Å². The van der Waals surface area contributed by atoms with Gasteiger partial charge in [0.1, 0.15) is 11.6 Å². The summed E-state index contributed by atoms with van der Waals surface area (Å²) in [6, 6.07) is 9.84. The number of rotatable bonds is 5. The molecule has 9 heteroatoms. The highest BCUT2D eigenvalue weighted by molar-refractivity contribution is 7.89. The molecular formula is C19H20ClFN2O4S. The van der Waals surface area contributed by atoms with E-state index in [1.165, 1.54) is 47.8 Å². The molecule has 0 saturated carbocycles. The number of carbonyl (C=O) groups excluding carboxylic acids is 1. The third-order valence-corrected chi connectivity index (χ3v) is 6.76. The largest absolute Gasteiger partial charge is 0.495 e. The summed E-state index contributed by atoms with van der Waals surface area (Å²) in [7, 11) is -2.36. The first-order valence-electron chi connectivity index (χ1n) is 8.71. The van der Waals surface area contributed by atoms with Gasteiger partial charge in [-0.1, -0.05) is 17.7 Å². The van der Waals surface area contributed by atoms with Crippen molar-refractivity contribution >= 4 is 33.2 Å². The molecule has 1 unspecified atom stereocenters. The first kappa shape index (κ1) is 20.6. The van der Waals surface area contributed by atoms with Gasteiger partial charge in [0.25, 0.3) is 0 Å². The van der Waals surface area contributed by atoms with E-state index in [-0.39, 0.29) is 22.4 Å². The number of sulfonamides is 1. The zero-order valence-corrected chi connectivity index (χ0v) is 16.8. The zero-order chi connectivity index (χ0) is 20.3. The molecule has 2 aromatic carbocycles. The Balaban J connectivity index is 1.74. The van der Waals surface area contributed by atoms with Gasteiger partial charge in [0.2, 0.25) is 15.9 Å². The lowest BCUT2D eigenvalue weighted by molar-refractivity contribution is -0.120. The lowest BCUT2D eigenvalue weighted by atomic mass is 9.99. The minimum absolute atomic E-state index is 0.0458. The average Bonchev–Trinajstić information content (AvgIpc) is 2.68. The minimum atomic E-state index is -3.80. The summed E-state index contributed by atoms with van der Waals surface area (Å²) in [5, 5.41) is 2.85. The number of ether oxygens (including phenoxy) is 1. The number of nitrogens with zero attached hydrogens (tertiary/aromatic N) is 1. The lowest BCUT2D eigenvalue weighted by Gasteiger charge is -2.31. The number of hydrogen-bond donors (Lipinski definition) is 1. The second-order valence-corrected chi connectivity index (χ2v) is 8.84. The van der Waals surface area contributed by atoms with Crippen LogP contribution in [0.15, 0.2) is 47.4 Å². The van der Waals surface area contributed by atoms with E-state index in [2.05, 4.69) is 5.32 Å². The predicted octanol–water partition coefficient (Wildman–Crippen LogP) is 3.53. The molecule has 1 atom stereocenters. The van der Waals surface area contributed by atoms with Crippen molar-refractivity contribution in [2.75, 3.05) is 25.5 Å². The number of carbonyl (C=O) groups is 1. The molecule has 6 nitrogen and oxygen atoms in total. The van der Waals surface area contributed by atoms with Crippen molar-refractivity contribution in [1.29, 1.82) is 0 Å². The maximum absolute atomic E-state index is 13.3. The fourth-order valence-corrected chi connectivity index (χ4v) is 5.01. The van der Waals surface area contributed by atoms with Crippen LogP contribution in [0.1, 0.15) is 12.8 Å². The monoisotopic (exact) mass is 426 g/mol. The zero-order valence-electron chi connectivity index (χ0n) is 15.2. The molecule has 0 radical (unpaired) electrons. The summed E-state index contributed by atoms with van der Waals surface area (Å²) in [6.45, 7) is 0.364. The van der Waals surface area contributed by atoms with Crippen LogP contribution in [0.4, 0.5) is 10.1 Å². The van der Waals surface area contributed by atoms with Gasteiger partial charge in [0.05, 0.1) is 22.9 Å². The van der Waals surface area contributed by atoms with E-state index < -0.39 is 21.8 Å². The van der Waals surface area contributed by atoms with Crippen molar-refractivity contribution in [1.82, 2.24) is 4.31 Å². The number of methoxy groups -OCH3 is 1. The Morgan fingerprint density at radius 2 is 2.07 bits per heavy atom. The van der Waals surface area contributed by atoms with E-state index in [4.69, 9.17) is 16.3 Å². The van der Waals surface area contributed by atoms with Gasteiger partial charge >= 0.3 is 0 Å². The van der Waals surface area contributed by atoms with E-state index >= 15 is 0 Å². The summed E-state index contributed by atoms with van der Waals surface area (Å²) in [5.41, 5.74) is 0.340. The van der Waals surface area contributed by atoms with Gasteiger partial charge in [0.15, 0.2) is 0 Å². The van der Waals surface area contributed by atoms with Crippen molar-refractivity contribution in [3.05, 3.63) is 53.3 Å².